The fourth-order valence-electron chi connectivity index (χ4n) is 10.5. The van der Waals surface area contributed by atoms with Crippen LogP contribution in [-0.4, -0.2) is 24.1 Å². The van der Waals surface area contributed by atoms with Gasteiger partial charge in [0.1, 0.15) is 12.2 Å². The van der Waals surface area contributed by atoms with Crippen molar-refractivity contribution in [3.8, 4) is 6.07 Å². The Labute approximate surface area is 231 Å². The largest absolute Gasteiger partial charge is 0.463 e. The van der Waals surface area contributed by atoms with Crippen molar-refractivity contribution in [1.82, 2.24) is 0 Å². The zero-order valence-electron chi connectivity index (χ0n) is 24.7. The van der Waals surface area contributed by atoms with Crippen molar-refractivity contribution >= 4 is 11.9 Å². The van der Waals surface area contributed by atoms with Crippen LogP contribution < -0.4 is 0 Å². The van der Waals surface area contributed by atoms with E-state index in [1.165, 1.54) is 39.0 Å². The van der Waals surface area contributed by atoms with Crippen molar-refractivity contribution in [3.63, 3.8) is 0 Å². The highest BCUT2D eigenvalue weighted by Gasteiger charge is 2.66. The Hall–Kier alpha value is -1.83. The van der Waals surface area contributed by atoms with Crippen molar-refractivity contribution in [3.05, 3.63) is 12.2 Å². The van der Waals surface area contributed by atoms with Gasteiger partial charge in [-0.3, -0.25) is 9.59 Å². The summed E-state index contributed by atoms with van der Waals surface area (Å²) in [5.41, 5.74) is 0.495. The summed E-state index contributed by atoms with van der Waals surface area (Å²) in [4.78, 5) is 24.3. The Balaban J connectivity index is 1.61. The lowest BCUT2D eigenvalue weighted by Gasteiger charge is -2.65. The lowest BCUT2D eigenvalue weighted by Crippen LogP contribution is -2.63. The standard InChI is InChI=1S/C33H51NO4/c1-7-25-29-20-24(37-22(3)35)15-17-33(29,6)28-16-18-32(5)26(21(2)12-10-8-9-11-19-34)13-14-27(32)30(28)31(25)38-23(4)36/h9,11,21,24-31H,7-8,10,12-18,20H2,1-6H3/b11-9+/t21-,24?,25-,26?,27+,28+,29+,30+,31?,32-,33-/m1/s1. The third-order valence-electron chi connectivity index (χ3n) is 12.0. The third-order valence-corrected chi connectivity index (χ3v) is 12.0. The molecule has 5 nitrogen and oxygen atoms in total. The van der Waals surface area contributed by atoms with Crippen LogP contribution in [0.2, 0.25) is 0 Å². The van der Waals surface area contributed by atoms with E-state index in [1.54, 1.807) is 13.0 Å². The maximum absolute atomic E-state index is 12.5. The summed E-state index contributed by atoms with van der Waals surface area (Å²) in [6.45, 7) is 12.9. The van der Waals surface area contributed by atoms with Crippen LogP contribution in [0, 0.1) is 63.6 Å². The topological polar surface area (TPSA) is 76.4 Å². The first-order valence-corrected chi connectivity index (χ1v) is 15.5. The van der Waals surface area contributed by atoms with Crippen LogP contribution in [0.1, 0.15) is 112 Å². The van der Waals surface area contributed by atoms with Gasteiger partial charge >= 0.3 is 11.9 Å². The van der Waals surface area contributed by atoms with Crippen molar-refractivity contribution in [2.45, 2.75) is 124 Å². The first-order valence-electron chi connectivity index (χ1n) is 15.5. The molecule has 3 unspecified atom stereocenters. The van der Waals surface area contributed by atoms with Gasteiger partial charge in [-0.2, -0.15) is 5.26 Å². The molecule has 4 rings (SSSR count). The molecular formula is C33H51NO4. The molecule has 0 amide bonds. The van der Waals surface area contributed by atoms with Crippen LogP contribution in [0.25, 0.3) is 0 Å². The summed E-state index contributed by atoms with van der Waals surface area (Å²) < 4.78 is 12.1. The summed E-state index contributed by atoms with van der Waals surface area (Å²) in [6, 6.07) is 2.10. The Kier molecular flexibility index (Phi) is 9.00. The number of carbonyl (C=O) groups is 2. The Bertz CT molecular complexity index is 938. The van der Waals surface area contributed by atoms with Crippen molar-refractivity contribution in [1.29, 1.82) is 5.26 Å². The molecule has 0 N–H and O–H groups in total. The second kappa shape index (κ2) is 11.7. The van der Waals surface area contributed by atoms with Crippen LogP contribution in [0.5, 0.6) is 0 Å². The van der Waals surface area contributed by atoms with E-state index in [4.69, 9.17) is 14.7 Å². The van der Waals surface area contributed by atoms with Gasteiger partial charge in [-0.1, -0.05) is 40.2 Å². The lowest BCUT2D eigenvalue weighted by atomic mass is 9.41. The van der Waals surface area contributed by atoms with Gasteiger partial charge in [0.05, 0.1) is 6.07 Å². The normalized spacial score (nSPS) is 42.9. The minimum Gasteiger partial charge on any atom is -0.463 e. The first-order chi connectivity index (χ1) is 18.1. The summed E-state index contributed by atoms with van der Waals surface area (Å²) in [6.07, 6.45) is 15.8. The molecule has 11 atom stereocenters. The first kappa shape index (κ1) is 29.2. The van der Waals surface area contributed by atoms with Gasteiger partial charge in [-0.05, 0) is 111 Å². The molecule has 0 aromatic rings. The van der Waals surface area contributed by atoms with Crippen molar-refractivity contribution < 1.29 is 19.1 Å². The van der Waals surface area contributed by atoms with Crippen LogP contribution in [0.4, 0.5) is 0 Å². The van der Waals surface area contributed by atoms with E-state index in [2.05, 4.69) is 33.8 Å². The molecule has 5 heteroatoms. The molecule has 0 bridgehead atoms. The number of nitriles is 1. The zero-order chi connectivity index (χ0) is 27.7. The molecule has 4 aliphatic rings. The Morgan fingerprint density at radius 1 is 1.00 bits per heavy atom. The molecular weight excluding hydrogens is 474 g/mol. The molecule has 0 radical (unpaired) electrons. The van der Waals surface area contributed by atoms with Gasteiger partial charge in [-0.25, -0.2) is 0 Å². The number of hydrogen-bond donors (Lipinski definition) is 0. The van der Waals surface area contributed by atoms with Crippen LogP contribution in [0.15, 0.2) is 12.2 Å². The lowest BCUT2D eigenvalue weighted by molar-refractivity contribution is -0.219. The van der Waals surface area contributed by atoms with Crippen molar-refractivity contribution in [2.75, 3.05) is 0 Å². The molecule has 0 saturated heterocycles. The molecule has 4 aliphatic carbocycles. The van der Waals surface area contributed by atoms with Crippen LogP contribution in [-0.2, 0) is 19.1 Å². The van der Waals surface area contributed by atoms with E-state index in [1.807, 2.05) is 6.08 Å². The monoisotopic (exact) mass is 525 g/mol. The molecule has 0 heterocycles. The van der Waals surface area contributed by atoms with Crippen LogP contribution >= 0.6 is 0 Å². The number of ether oxygens (including phenoxy) is 2. The quantitative estimate of drug-likeness (QED) is 0.185. The second-order valence-electron chi connectivity index (χ2n) is 13.7. The highest BCUT2D eigenvalue weighted by molar-refractivity contribution is 5.66. The summed E-state index contributed by atoms with van der Waals surface area (Å²) in [5.74, 6) is 3.34. The van der Waals surface area contributed by atoms with E-state index in [9.17, 15) is 9.59 Å². The maximum atomic E-state index is 12.5. The molecule has 4 saturated carbocycles. The predicted octanol–water partition coefficient (Wildman–Crippen LogP) is 7.64. The number of hydrogen-bond acceptors (Lipinski definition) is 5. The predicted molar refractivity (Wildman–Crippen MR) is 149 cm³/mol. The number of nitrogens with zero attached hydrogens (tertiary/aromatic N) is 1. The van der Waals surface area contributed by atoms with E-state index in [-0.39, 0.29) is 35.0 Å². The highest BCUT2D eigenvalue weighted by atomic mass is 16.5. The van der Waals surface area contributed by atoms with Gasteiger partial charge in [-0.15, -0.1) is 0 Å². The van der Waals surface area contributed by atoms with Gasteiger partial charge in [0.15, 0.2) is 0 Å². The molecule has 0 spiro atoms. The van der Waals surface area contributed by atoms with E-state index in [0.29, 0.717) is 41.4 Å². The van der Waals surface area contributed by atoms with Gasteiger partial charge < -0.3 is 9.47 Å². The highest BCUT2D eigenvalue weighted by Crippen LogP contribution is 2.70. The Morgan fingerprint density at radius 2 is 1.68 bits per heavy atom. The second-order valence-corrected chi connectivity index (χ2v) is 13.7. The van der Waals surface area contributed by atoms with Gasteiger partial charge in [0.25, 0.3) is 0 Å². The van der Waals surface area contributed by atoms with Gasteiger partial charge in [0.2, 0.25) is 0 Å². The van der Waals surface area contributed by atoms with Gasteiger partial charge in [0, 0.05) is 25.8 Å². The van der Waals surface area contributed by atoms with E-state index >= 15 is 0 Å². The Morgan fingerprint density at radius 3 is 2.34 bits per heavy atom. The molecule has 4 fully saturated rings. The summed E-state index contributed by atoms with van der Waals surface area (Å²) in [5, 5.41) is 8.77. The number of unbranched alkanes of at least 4 members (excludes halogenated alkanes) is 1. The SMILES string of the molecule is CC[C@H]1C(OC(C)=O)[C@@H]2[C@H](CC[C@]3(C)C([C@H](C)CCC/C=C/C#N)CC[C@@H]23)[C@@]2(C)CCC(OC(C)=O)C[C@@H]12. The minimum absolute atomic E-state index is 0.0114. The number of allylic oxidation sites excluding steroid dienone is 2. The fraction of sp³-hybridized carbons (Fsp3) is 0.848. The molecule has 0 aromatic carbocycles. The molecule has 0 aliphatic heterocycles. The average Bonchev–Trinajstić information content (AvgIpc) is 3.21. The van der Waals surface area contributed by atoms with E-state index in [0.717, 1.165) is 38.5 Å². The zero-order valence-corrected chi connectivity index (χ0v) is 24.7. The average molecular weight is 526 g/mol. The van der Waals surface area contributed by atoms with Crippen LogP contribution in [0.3, 0.4) is 0 Å². The number of carbonyl (C=O) groups excluding carboxylic acids is 2. The summed E-state index contributed by atoms with van der Waals surface area (Å²) in [7, 11) is 0. The maximum Gasteiger partial charge on any atom is 0.302 e. The third kappa shape index (κ3) is 5.31. The number of fused-ring (bicyclic) bond motifs is 5. The smallest absolute Gasteiger partial charge is 0.302 e. The number of rotatable bonds is 8. The summed E-state index contributed by atoms with van der Waals surface area (Å²) >= 11 is 0. The fourth-order valence-corrected chi connectivity index (χ4v) is 10.5. The number of esters is 2. The molecule has 0 aromatic heterocycles. The molecule has 212 valence electrons. The van der Waals surface area contributed by atoms with E-state index < -0.39 is 0 Å². The minimum atomic E-state index is -0.183. The molecule has 38 heavy (non-hydrogen) atoms. The van der Waals surface area contributed by atoms with Crippen molar-refractivity contribution in [2.24, 2.45) is 52.3 Å².